The number of hydrogen-bond acceptors (Lipinski definition) is 4. The van der Waals surface area contributed by atoms with E-state index in [4.69, 9.17) is 4.74 Å². The summed E-state index contributed by atoms with van der Waals surface area (Å²) in [4.78, 5) is 39.6. The summed E-state index contributed by atoms with van der Waals surface area (Å²) in [6.45, 7) is 8.71. The Labute approximate surface area is 170 Å². The lowest BCUT2D eigenvalue weighted by Gasteiger charge is -2.28. The summed E-state index contributed by atoms with van der Waals surface area (Å²) >= 11 is 0. The van der Waals surface area contributed by atoms with Crippen molar-refractivity contribution >= 4 is 17.9 Å². The zero-order valence-electron chi connectivity index (χ0n) is 17.4. The normalized spacial score (nSPS) is 19.3. The average Bonchev–Trinajstić information content (AvgIpc) is 2.89. The van der Waals surface area contributed by atoms with E-state index in [1.54, 1.807) is 32.9 Å². The quantitative estimate of drug-likeness (QED) is 0.637. The number of rotatable bonds is 4. The number of ether oxygens (including phenoxy) is 1. The average molecular weight is 394 g/mol. The van der Waals surface area contributed by atoms with Crippen molar-refractivity contribution in [3.8, 4) is 0 Å². The van der Waals surface area contributed by atoms with Gasteiger partial charge in [-0.05, 0) is 56.9 Å². The standard InChI is InChI=1S/C23H26N2O4/c1-15-11-12-18(13-16(15)2)23(17-9-7-6-8-10-17)20(27)25(21(28)24-23)14-19(26)29-22(3,4)5/h6-13H,14H2,1-5H3,(H,24,28)/t23-/m0/s1. The van der Waals surface area contributed by atoms with E-state index >= 15 is 0 Å². The third-order valence-electron chi connectivity index (χ3n) is 4.96. The van der Waals surface area contributed by atoms with Crippen molar-refractivity contribution in [1.82, 2.24) is 10.2 Å². The van der Waals surface area contributed by atoms with Crippen LogP contribution in [0.2, 0.25) is 0 Å². The third kappa shape index (κ3) is 3.88. The molecule has 2 aromatic carbocycles. The fourth-order valence-corrected chi connectivity index (χ4v) is 3.44. The first-order valence-corrected chi connectivity index (χ1v) is 9.54. The summed E-state index contributed by atoms with van der Waals surface area (Å²) in [5.41, 5.74) is 1.27. The molecule has 1 saturated heterocycles. The van der Waals surface area contributed by atoms with Gasteiger partial charge in [0.05, 0.1) is 0 Å². The van der Waals surface area contributed by atoms with Crippen LogP contribution in [0.25, 0.3) is 0 Å². The summed E-state index contributed by atoms with van der Waals surface area (Å²) < 4.78 is 5.30. The van der Waals surface area contributed by atoms with E-state index in [0.29, 0.717) is 11.1 Å². The van der Waals surface area contributed by atoms with Crippen LogP contribution in [0.4, 0.5) is 4.79 Å². The third-order valence-corrected chi connectivity index (χ3v) is 4.96. The lowest BCUT2D eigenvalue weighted by atomic mass is 9.81. The molecule has 2 aromatic rings. The molecule has 0 spiro atoms. The lowest BCUT2D eigenvalue weighted by Crippen LogP contribution is -2.45. The topological polar surface area (TPSA) is 75.7 Å². The number of carbonyl (C=O) groups is 3. The highest BCUT2D eigenvalue weighted by atomic mass is 16.6. The van der Waals surface area contributed by atoms with Crippen molar-refractivity contribution in [2.24, 2.45) is 0 Å². The first-order valence-electron chi connectivity index (χ1n) is 9.54. The van der Waals surface area contributed by atoms with Gasteiger partial charge < -0.3 is 10.1 Å². The van der Waals surface area contributed by atoms with Gasteiger partial charge in [-0.25, -0.2) is 4.79 Å². The second-order valence-corrected chi connectivity index (χ2v) is 8.32. The number of imide groups is 1. The van der Waals surface area contributed by atoms with Gasteiger partial charge in [0, 0.05) is 0 Å². The highest BCUT2D eigenvalue weighted by molar-refractivity contribution is 6.11. The Balaban J connectivity index is 2.06. The number of esters is 1. The predicted octanol–water partition coefficient (Wildman–Crippen LogP) is 3.44. The number of urea groups is 1. The monoisotopic (exact) mass is 394 g/mol. The van der Waals surface area contributed by atoms with Crippen LogP contribution in [0.3, 0.4) is 0 Å². The number of nitrogens with one attached hydrogen (secondary N) is 1. The Hall–Kier alpha value is -3.15. The van der Waals surface area contributed by atoms with Crippen molar-refractivity contribution < 1.29 is 19.1 Å². The van der Waals surface area contributed by atoms with Gasteiger partial charge in [0.1, 0.15) is 12.1 Å². The molecule has 3 amide bonds. The van der Waals surface area contributed by atoms with E-state index in [2.05, 4.69) is 5.32 Å². The van der Waals surface area contributed by atoms with Gasteiger partial charge >= 0.3 is 12.0 Å². The lowest BCUT2D eigenvalue weighted by molar-refractivity contribution is -0.157. The second kappa shape index (κ2) is 7.35. The highest BCUT2D eigenvalue weighted by Crippen LogP contribution is 2.36. The van der Waals surface area contributed by atoms with E-state index in [1.807, 2.05) is 50.2 Å². The Morgan fingerprint density at radius 3 is 2.24 bits per heavy atom. The Bertz CT molecular complexity index is 963. The molecule has 6 nitrogen and oxygen atoms in total. The predicted molar refractivity (Wildman–Crippen MR) is 109 cm³/mol. The van der Waals surface area contributed by atoms with Crippen LogP contribution in [-0.2, 0) is 19.9 Å². The molecule has 0 radical (unpaired) electrons. The summed E-state index contributed by atoms with van der Waals surface area (Å²) in [6.07, 6.45) is 0. The van der Waals surface area contributed by atoms with E-state index in [0.717, 1.165) is 16.0 Å². The maximum Gasteiger partial charge on any atom is 0.326 e. The molecule has 0 saturated carbocycles. The smallest absolute Gasteiger partial charge is 0.326 e. The SMILES string of the molecule is Cc1ccc([C@]2(c3ccccc3)NC(=O)N(CC(=O)OC(C)(C)C)C2=O)cc1C. The Morgan fingerprint density at radius 1 is 1.00 bits per heavy atom. The van der Waals surface area contributed by atoms with Crippen LogP contribution in [0.1, 0.15) is 43.0 Å². The number of hydrogen-bond donors (Lipinski definition) is 1. The summed E-state index contributed by atoms with van der Waals surface area (Å²) in [5.74, 6) is -1.13. The minimum Gasteiger partial charge on any atom is -0.459 e. The number of amides is 3. The molecule has 152 valence electrons. The van der Waals surface area contributed by atoms with Gasteiger partial charge in [0.15, 0.2) is 5.54 Å². The molecule has 0 aromatic heterocycles. The molecular weight excluding hydrogens is 368 g/mol. The molecule has 29 heavy (non-hydrogen) atoms. The second-order valence-electron chi connectivity index (χ2n) is 8.32. The van der Waals surface area contributed by atoms with Crippen LogP contribution in [-0.4, -0.2) is 35.0 Å². The molecule has 1 aliphatic heterocycles. The van der Waals surface area contributed by atoms with Gasteiger partial charge in [-0.3, -0.25) is 14.5 Å². The van der Waals surface area contributed by atoms with Crippen molar-refractivity contribution in [2.45, 2.75) is 45.8 Å². The highest BCUT2D eigenvalue weighted by Gasteiger charge is 2.54. The van der Waals surface area contributed by atoms with Gasteiger partial charge in [0.2, 0.25) is 0 Å². The molecule has 1 N–H and O–H groups in total. The molecule has 0 unspecified atom stereocenters. The fraction of sp³-hybridized carbons (Fsp3) is 0.348. The van der Waals surface area contributed by atoms with Crippen LogP contribution in [0.15, 0.2) is 48.5 Å². The maximum atomic E-state index is 13.6. The van der Waals surface area contributed by atoms with Gasteiger partial charge in [-0.15, -0.1) is 0 Å². The number of carbonyl (C=O) groups excluding carboxylic acids is 3. The number of nitrogens with zero attached hydrogens (tertiary/aromatic N) is 1. The maximum absolute atomic E-state index is 13.6. The van der Waals surface area contributed by atoms with Crippen molar-refractivity contribution in [2.75, 3.05) is 6.54 Å². The van der Waals surface area contributed by atoms with Crippen molar-refractivity contribution in [3.05, 3.63) is 70.8 Å². The largest absolute Gasteiger partial charge is 0.459 e. The van der Waals surface area contributed by atoms with Crippen molar-refractivity contribution in [1.29, 1.82) is 0 Å². The zero-order valence-corrected chi connectivity index (χ0v) is 17.4. The Kier molecular flexibility index (Phi) is 5.22. The van der Waals surface area contributed by atoms with Gasteiger partial charge in [-0.1, -0.05) is 48.5 Å². The Morgan fingerprint density at radius 2 is 1.66 bits per heavy atom. The molecule has 3 rings (SSSR count). The summed E-state index contributed by atoms with van der Waals surface area (Å²) in [7, 11) is 0. The molecule has 0 aliphatic carbocycles. The molecule has 1 heterocycles. The van der Waals surface area contributed by atoms with Gasteiger partial charge in [0.25, 0.3) is 5.91 Å². The van der Waals surface area contributed by atoms with Gasteiger partial charge in [-0.2, -0.15) is 0 Å². The summed E-state index contributed by atoms with van der Waals surface area (Å²) in [6, 6.07) is 14.1. The minimum absolute atomic E-state index is 0.443. The van der Waals surface area contributed by atoms with E-state index < -0.39 is 35.6 Å². The molecule has 1 atom stereocenters. The fourth-order valence-electron chi connectivity index (χ4n) is 3.44. The first kappa shape index (κ1) is 20.6. The van der Waals surface area contributed by atoms with E-state index in [9.17, 15) is 14.4 Å². The molecule has 1 fully saturated rings. The van der Waals surface area contributed by atoms with Crippen LogP contribution in [0, 0.1) is 13.8 Å². The van der Waals surface area contributed by atoms with Crippen molar-refractivity contribution in [3.63, 3.8) is 0 Å². The molecule has 0 bridgehead atoms. The zero-order chi connectivity index (χ0) is 21.4. The number of benzene rings is 2. The van der Waals surface area contributed by atoms with E-state index in [1.165, 1.54) is 0 Å². The number of aryl methyl sites for hydroxylation is 2. The van der Waals surface area contributed by atoms with Crippen LogP contribution in [0.5, 0.6) is 0 Å². The molecular formula is C23H26N2O4. The summed E-state index contributed by atoms with van der Waals surface area (Å²) in [5, 5.41) is 2.84. The van der Waals surface area contributed by atoms with Crippen LogP contribution >= 0.6 is 0 Å². The first-order chi connectivity index (χ1) is 13.5. The molecule has 6 heteroatoms. The minimum atomic E-state index is -1.39. The van der Waals surface area contributed by atoms with E-state index in [-0.39, 0.29) is 0 Å². The molecule has 1 aliphatic rings. The van der Waals surface area contributed by atoms with Crippen LogP contribution < -0.4 is 5.32 Å².